The Labute approximate surface area is 134 Å². The number of hydrazone groups is 1. The SMILES string of the molecule is Cc1c(Br)c(C(F)F)nn1CC(=O)N1N=CC[C@@]1(O)C(F)(F)F. The molecule has 0 radical (unpaired) electrons. The summed E-state index contributed by atoms with van der Waals surface area (Å²) in [6.45, 7) is 0.576. The standard InChI is InChI=1S/C11H10BrF5N4O2/c1-5-7(12)8(9(13)14)19-20(5)4-6(22)21-10(23,2-3-18-21)11(15,16)17/h3,9,23H,2,4H2,1H3/t10-/m1/s1. The van der Waals surface area contributed by atoms with Crippen molar-refractivity contribution in [2.45, 2.75) is 38.2 Å². The summed E-state index contributed by atoms with van der Waals surface area (Å²) in [5.74, 6) is -1.24. The van der Waals surface area contributed by atoms with Crippen LogP contribution in [0.3, 0.4) is 0 Å². The first kappa shape index (κ1) is 17.8. The molecule has 12 heteroatoms. The molecule has 0 aliphatic carbocycles. The molecule has 6 nitrogen and oxygen atoms in total. The lowest BCUT2D eigenvalue weighted by Gasteiger charge is -2.32. The number of hydrogen-bond donors (Lipinski definition) is 1. The number of amides is 1. The first-order valence-electron chi connectivity index (χ1n) is 6.14. The summed E-state index contributed by atoms with van der Waals surface area (Å²) in [5.41, 5.74) is -3.95. The largest absolute Gasteiger partial charge is 0.438 e. The predicted molar refractivity (Wildman–Crippen MR) is 70.6 cm³/mol. The van der Waals surface area contributed by atoms with Gasteiger partial charge in [0.15, 0.2) is 0 Å². The molecule has 1 aromatic rings. The summed E-state index contributed by atoms with van der Waals surface area (Å²) in [7, 11) is 0. The Bertz CT molecular complexity index is 660. The van der Waals surface area contributed by atoms with E-state index in [2.05, 4.69) is 26.1 Å². The number of carbonyl (C=O) groups excluding carboxylic acids is 1. The molecule has 23 heavy (non-hydrogen) atoms. The lowest BCUT2D eigenvalue weighted by atomic mass is 10.1. The van der Waals surface area contributed by atoms with Gasteiger partial charge in [-0.1, -0.05) is 0 Å². The van der Waals surface area contributed by atoms with Crippen LogP contribution < -0.4 is 0 Å². The van der Waals surface area contributed by atoms with Crippen LogP contribution >= 0.6 is 15.9 Å². The number of halogens is 6. The van der Waals surface area contributed by atoms with Crippen molar-refractivity contribution in [2.24, 2.45) is 5.10 Å². The van der Waals surface area contributed by atoms with Crippen molar-refractivity contribution in [3.63, 3.8) is 0 Å². The molecule has 0 bridgehead atoms. The minimum Gasteiger partial charge on any atom is -0.362 e. The number of nitrogens with zero attached hydrogens (tertiary/aromatic N) is 4. The molecule has 1 aromatic heterocycles. The van der Waals surface area contributed by atoms with Crippen molar-refractivity contribution in [1.82, 2.24) is 14.8 Å². The lowest BCUT2D eigenvalue weighted by Crippen LogP contribution is -2.57. The topological polar surface area (TPSA) is 70.7 Å². The summed E-state index contributed by atoms with van der Waals surface area (Å²) >= 11 is 2.88. The van der Waals surface area contributed by atoms with E-state index in [4.69, 9.17) is 0 Å². The highest BCUT2D eigenvalue weighted by Crippen LogP contribution is 2.38. The molecule has 0 aromatic carbocycles. The Balaban J connectivity index is 2.26. The lowest BCUT2D eigenvalue weighted by molar-refractivity contribution is -0.302. The molecule has 128 valence electrons. The Morgan fingerprint density at radius 3 is 2.61 bits per heavy atom. The maximum atomic E-state index is 12.9. The van der Waals surface area contributed by atoms with Crippen molar-refractivity contribution in [3.05, 3.63) is 15.9 Å². The highest BCUT2D eigenvalue weighted by atomic mass is 79.9. The second kappa shape index (κ2) is 5.82. The highest BCUT2D eigenvalue weighted by molar-refractivity contribution is 9.10. The summed E-state index contributed by atoms with van der Waals surface area (Å²) in [6, 6.07) is 0. The average molecular weight is 405 g/mol. The molecule has 0 saturated carbocycles. The average Bonchev–Trinajstić information content (AvgIpc) is 2.95. The summed E-state index contributed by atoms with van der Waals surface area (Å²) in [5, 5.41) is 16.3. The fourth-order valence-electron chi connectivity index (χ4n) is 1.97. The zero-order chi connectivity index (χ0) is 17.6. The van der Waals surface area contributed by atoms with Crippen LogP contribution in [0.5, 0.6) is 0 Å². The van der Waals surface area contributed by atoms with Gasteiger partial charge in [-0.25, -0.2) is 8.78 Å². The Hall–Kier alpha value is -1.56. The van der Waals surface area contributed by atoms with Crippen LogP contribution in [0, 0.1) is 6.92 Å². The second-order valence-corrected chi connectivity index (χ2v) is 5.56. The zero-order valence-corrected chi connectivity index (χ0v) is 13.1. The Kier molecular flexibility index (Phi) is 4.50. The van der Waals surface area contributed by atoms with Gasteiger partial charge in [0.2, 0.25) is 0 Å². The minimum atomic E-state index is -5.12. The van der Waals surface area contributed by atoms with E-state index in [0.29, 0.717) is 0 Å². The normalized spacial score (nSPS) is 21.5. The van der Waals surface area contributed by atoms with Gasteiger partial charge in [-0.2, -0.15) is 28.4 Å². The van der Waals surface area contributed by atoms with Gasteiger partial charge in [0.25, 0.3) is 18.1 Å². The zero-order valence-electron chi connectivity index (χ0n) is 11.5. The number of aliphatic hydroxyl groups is 1. The number of carbonyl (C=O) groups is 1. The first-order valence-corrected chi connectivity index (χ1v) is 6.94. The van der Waals surface area contributed by atoms with E-state index in [0.717, 1.165) is 10.9 Å². The maximum absolute atomic E-state index is 12.9. The van der Waals surface area contributed by atoms with Crippen LogP contribution in [0.4, 0.5) is 22.0 Å². The molecule has 1 aliphatic heterocycles. The molecule has 0 fully saturated rings. The first-order chi connectivity index (χ1) is 10.5. The van der Waals surface area contributed by atoms with Gasteiger partial charge < -0.3 is 5.11 Å². The van der Waals surface area contributed by atoms with Gasteiger partial charge in [-0.15, -0.1) is 0 Å². The second-order valence-electron chi connectivity index (χ2n) is 4.77. The quantitative estimate of drug-likeness (QED) is 0.786. The number of hydrogen-bond acceptors (Lipinski definition) is 4. The van der Waals surface area contributed by atoms with Crippen molar-refractivity contribution >= 4 is 28.1 Å². The molecular weight excluding hydrogens is 395 g/mol. The number of rotatable bonds is 3. The fraction of sp³-hybridized carbons (Fsp3) is 0.545. The van der Waals surface area contributed by atoms with Gasteiger partial charge in [-0.3, -0.25) is 9.48 Å². The minimum absolute atomic E-state index is 0.0451. The molecular formula is C11H10BrF5N4O2. The van der Waals surface area contributed by atoms with E-state index in [9.17, 15) is 31.9 Å². The molecule has 2 rings (SSSR count). The summed E-state index contributed by atoms with van der Waals surface area (Å²) in [6.07, 6.45) is -8.20. The van der Waals surface area contributed by atoms with E-state index in [1.807, 2.05) is 0 Å². The van der Waals surface area contributed by atoms with Crippen LogP contribution in [-0.2, 0) is 11.3 Å². The molecule has 1 atom stereocenters. The molecule has 0 spiro atoms. The molecule has 1 N–H and O–H groups in total. The van der Waals surface area contributed by atoms with Crippen LogP contribution in [-0.4, -0.2) is 43.9 Å². The Morgan fingerprint density at radius 1 is 1.52 bits per heavy atom. The summed E-state index contributed by atoms with van der Waals surface area (Å²) in [4.78, 5) is 12.0. The summed E-state index contributed by atoms with van der Waals surface area (Å²) < 4.78 is 64.9. The number of alkyl halides is 5. The van der Waals surface area contributed by atoms with Crippen molar-refractivity contribution in [3.8, 4) is 0 Å². The van der Waals surface area contributed by atoms with Crippen LogP contribution in [0.15, 0.2) is 9.57 Å². The fourth-order valence-corrected chi connectivity index (χ4v) is 2.43. The third kappa shape index (κ3) is 2.96. The Morgan fingerprint density at radius 2 is 2.13 bits per heavy atom. The van der Waals surface area contributed by atoms with E-state index in [-0.39, 0.29) is 15.2 Å². The van der Waals surface area contributed by atoms with Gasteiger partial charge in [0.05, 0.1) is 10.2 Å². The van der Waals surface area contributed by atoms with Gasteiger partial charge in [0.1, 0.15) is 12.2 Å². The highest BCUT2D eigenvalue weighted by Gasteiger charge is 2.61. The van der Waals surface area contributed by atoms with Gasteiger partial charge in [-0.05, 0) is 22.9 Å². The van der Waals surface area contributed by atoms with Crippen molar-refractivity contribution in [1.29, 1.82) is 0 Å². The van der Waals surface area contributed by atoms with Crippen molar-refractivity contribution in [2.75, 3.05) is 0 Å². The third-order valence-electron chi connectivity index (χ3n) is 3.26. The van der Waals surface area contributed by atoms with E-state index < -0.39 is 42.9 Å². The van der Waals surface area contributed by atoms with Crippen LogP contribution in [0.25, 0.3) is 0 Å². The van der Waals surface area contributed by atoms with Gasteiger partial charge in [0, 0.05) is 12.6 Å². The molecule has 0 unspecified atom stereocenters. The van der Waals surface area contributed by atoms with E-state index >= 15 is 0 Å². The monoisotopic (exact) mass is 404 g/mol. The van der Waals surface area contributed by atoms with Gasteiger partial charge >= 0.3 is 6.18 Å². The predicted octanol–water partition coefficient (Wildman–Crippen LogP) is 2.36. The van der Waals surface area contributed by atoms with Crippen LogP contribution in [0.1, 0.15) is 24.2 Å². The van der Waals surface area contributed by atoms with Crippen molar-refractivity contribution < 1.29 is 31.9 Å². The maximum Gasteiger partial charge on any atom is 0.438 e. The number of aromatic nitrogens is 2. The third-order valence-corrected chi connectivity index (χ3v) is 4.24. The van der Waals surface area contributed by atoms with E-state index in [1.165, 1.54) is 6.92 Å². The van der Waals surface area contributed by atoms with E-state index in [1.54, 1.807) is 0 Å². The molecule has 1 amide bonds. The molecule has 2 heterocycles. The molecule has 1 aliphatic rings. The van der Waals surface area contributed by atoms with Crippen LogP contribution in [0.2, 0.25) is 0 Å². The smallest absolute Gasteiger partial charge is 0.362 e. The molecule has 0 saturated heterocycles.